The number of nitrogens with one attached hydrogen (secondary N) is 1. The van der Waals surface area contributed by atoms with Crippen LogP contribution < -0.4 is 10.1 Å². The summed E-state index contributed by atoms with van der Waals surface area (Å²) in [5.74, 6) is 0.791. The van der Waals surface area contributed by atoms with Gasteiger partial charge in [0.15, 0.2) is 0 Å². The molecule has 0 radical (unpaired) electrons. The number of rotatable bonds is 1. The summed E-state index contributed by atoms with van der Waals surface area (Å²) in [5.41, 5.74) is 0.328. The predicted octanol–water partition coefficient (Wildman–Crippen LogP) is 0.874. The topological polar surface area (TPSA) is 54.4 Å². The highest BCUT2D eigenvalue weighted by Crippen LogP contribution is 2.38. The number of aliphatic hydroxyl groups excluding tert-OH is 1. The van der Waals surface area contributed by atoms with Crippen molar-refractivity contribution in [3.05, 3.63) is 24.0 Å². The zero-order chi connectivity index (χ0) is 11.1. The Morgan fingerprint density at radius 3 is 2.93 bits per heavy atom. The van der Waals surface area contributed by atoms with Crippen LogP contribution in [-0.4, -0.2) is 28.8 Å². The molecule has 0 saturated carbocycles. The molecule has 0 saturated heterocycles. The van der Waals surface area contributed by atoms with E-state index in [0.29, 0.717) is 0 Å². The third-order valence-corrected chi connectivity index (χ3v) is 2.86. The summed E-state index contributed by atoms with van der Waals surface area (Å²) < 4.78 is 5.73. The van der Waals surface area contributed by atoms with Crippen molar-refractivity contribution < 1.29 is 9.84 Å². The van der Waals surface area contributed by atoms with Crippen LogP contribution in [0.5, 0.6) is 5.75 Å². The van der Waals surface area contributed by atoms with Crippen LogP contribution in [0.15, 0.2) is 18.5 Å². The number of hydrogen-bond donors (Lipinski definition) is 2. The summed E-state index contributed by atoms with van der Waals surface area (Å²) in [6.07, 6.45) is 2.84. The molecule has 2 atom stereocenters. The van der Waals surface area contributed by atoms with Gasteiger partial charge in [-0.1, -0.05) is 0 Å². The molecule has 2 rings (SSSR count). The average Bonchev–Trinajstić information content (AvgIpc) is 2.19. The highest BCUT2D eigenvalue weighted by Gasteiger charge is 2.42. The molecule has 4 heteroatoms. The fourth-order valence-corrected chi connectivity index (χ4v) is 1.95. The van der Waals surface area contributed by atoms with Crippen molar-refractivity contribution in [1.29, 1.82) is 0 Å². The normalized spacial score (nSPS) is 28.0. The minimum Gasteiger partial charge on any atom is -0.485 e. The first-order valence-corrected chi connectivity index (χ1v) is 5.04. The molecule has 82 valence electrons. The summed E-state index contributed by atoms with van der Waals surface area (Å²) in [6.45, 7) is 3.76. The van der Waals surface area contributed by atoms with E-state index in [-0.39, 0.29) is 6.04 Å². The molecule has 0 unspecified atom stereocenters. The first-order chi connectivity index (χ1) is 7.06. The lowest BCUT2D eigenvalue weighted by Crippen LogP contribution is -2.52. The number of ether oxygens (including phenoxy) is 1. The van der Waals surface area contributed by atoms with E-state index in [1.165, 1.54) is 0 Å². The lowest BCUT2D eigenvalue weighted by Gasteiger charge is -2.41. The molecular weight excluding hydrogens is 192 g/mol. The molecule has 0 bridgehead atoms. The predicted molar refractivity (Wildman–Crippen MR) is 56.8 cm³/mol. The van der Waals surface area contributed by atoms with Gasteiger partial charge in [-0.15, -0.1) is 0 Å². The molecule has 1 aromatic heterocycles. The number of pyridine rings is 1. The molecule has 1 aliphatic heterocycles. The summed E-state index contributed by atoms with van der Waals surface area (Å²) in [6, 6.07) is 1.70. The van der Waals surface area contributed by atoms with Gasteiger partial charge in [-0.05, 0) is 27.0 Å². The van der Waals surface area contributed by atoms with Crippen LogP contribution in [0.1, 0.15) is 25.5 Å². The first-order valence-electron chi connectivity index (χ1n) is 5.04. The molecule has 1 aromatic rings. The Labute approximate surface area is 89.3 Å². The van der Waals surface area contributed by atoms with E-state index >= 15 is 0 Å². The minimum absolute atomic E-state index is 0.127. The SMILES string of the molecule is CN[C@H]1c2cnccc2OC(C)(C)[C@@H]1O. The molecule has 0 spiro atoms. The van der Waals surface area contributed by atoms with E-state index in [1.807, 2.05) is 27.0 Å². The van der Waals surface area contributed by atoms with Gasteiger partial charge in [0.1, 0.15) is 17.5 Å². The van der Waals surface area contributed by atoms with Gasteiger partial charge >= 0.3 is 0 Å². The van der Waals surface area contributed by atoms with Crippen molar-refractivity contribution in [2.75, 3.05) is 7.05 Å². The summed E-state index contributed by atoms with van der Waals surface area (Å²) in [7, 11) is 1.83. The average molecular weight is 208 g/mol. The van der Waals surface area contributed by atoms with Crippen LogP contribution in [0.3, 0.4) is 0 Å². The van der Waals surface area contributed by atoms with Crippen molar-refractivity contribution in [2.24, 2.45) is 0 Å². The van der Waals surface area contributed by atoms with Crippen molar-refractivity contribution in [1.82, 2.24) is 10.3 Å². The van der Waals surface area contributed by atoms with Crippen LogP contribution in [0.4, 0.5) is 0 Å². The van der Waals surface area contributed by atoms with Crippen molar-refractivity contribution in [3.63, 3.8) is 0 Å². The molecule has 15 heavy (non-hydrogen) atoms. The fraction of sp³-hybridized carbons (Fsp3) is 0.545. The van der Waals surface area contributed by atoms with Crippen LogP contribution in [0.2, 0.25) is 0 Å². The van der Waals surface area contributed by atoms with E-state index in [4.69, 9.17) is 4.74 Å². The Balaban J connectivity index is 2.48. The molecule has 0 fully saturated rings. The van der Waals surface area contributed by atoms with Crippen molar-refractivity contribution in [3.8, 4) is 5.75 Å². The number of likely N-dealkylation sites (N-methyl/N-ethyl adjacent to an activating group) is 1. The van der Waals surface area contributed by atoms with Gasteiger partial charge in [-0.25, -0.2) is 0 Å². The maximum Gasteiger partial charge on any atom is 0.131 e. The largest absolute Gasteiger partial charge is 0.485 e. The molecule has 4 nitrogen and oxygen atoms in total. The second-order valence-corrected chi connectivity index (χ2v) is 4.33. The number of hydrogen-bond acceptors (Lipinski definition) is 4. The first kappa shape index (κ1) is 10.4. The van der Waals surface area contributed by atoms with Crippen molar-refractivity contribution in [2.45, 2.75) is 31.6 Å². The van der Waals surface area contributed by atoms with Crippen LogP contribution in [0.25, 0.3) is 0 Å². The number of aromatic nitrogens is 1. The number of fused-ring (bicyclic) bond motifs is 1. The molecular formula is C11H16N2O2. The molecule has 0 aromatic carbocycles. The van der Waals surface area contributed by atoms with E-state index < -0.39 is 11.7 Å². The van der Waals surface area contributed by atoms with Gasteiger partial charge in [-0.2, -0.15) is 0 Å². The summed E-state index contributed by atoms with van der Waals surface area (Å²) in [5, 5.41) is 13.2. The van der Waals surface area contributed by atoms with Crippen molar-refractivity contribution >= 4 is 0 Å². The molecule has 0 aliphatic carbocycles. The maximum atomic E-state index is 10.1. The molecule has 2 heterocycles. The van der Waals surface area contributed by atoms with E-state index in [9.17, 15) is 5.11 Å². The van der Waals surface area contributed by atoms with Gasteiger partial charge in [0.05, 0.1) is 6.04 Å². The van der Waals surface area contributed by atoms with Gasteiger partial charge in [0, 0.05) is 18.0 Å². The van der Waals surface area contributed by atoms with E-state index in [1.54, 1.807) is 12.4 Å². The third kappa shape index (κ3) is 1.60. The number of aliphatic hydroxyl groups is 1. The molecule has 1 aliphatic rings. The second kappa shape index (κ2) is 3.47. The highest BCUT2D eigenvalue weighted by atomic mass is 16.5. The Kier molecular flexibility index (Phi) is 2.40. The third-order valence-electron chi connectivity index (χ3n) is 2.86. The van der Waals surface area contributed by atoms with Gasteiger partial charge in [0.25, 0.3) is 0 Å². The standard InChI is InChI=1S/C11H16N2O2/c1-11(2)10(14)9(12-3)7-6-13-5-4-8(7)15-11/h4-6,9-10,12,14H,1-3H3/t9-,10+/m0/s1. The quantitative estimate of drug-likeness (QED) is 0.719. The minimum atomic E-state index is -0.584. The Hall–Kier alpha value is -1.13. The Morgan fingerprint density at radius 1 is 1.53 bits per heavy atom. The zero-order valence-corrected chi connectivity index (χ0v) is 9.19. The Bertz CT molecular complexity index is 365. The summed E-state index contributed by atoms with van der Waals surface area (Å²) in [4.78, 5) is 4.05. The van der Waals surface area contributed by atoms with E-state index in [0.717, 1.165) is 11.3 Å². The second-order valence-electron chi connectivity index (χ2n) is 4.33. The van der Waals surface area contributed by atoms with Crippen LogP contribution >= 0.6 is 0 Å². The number of nitrogens with zero attached hydrogens (tertiary/aromatic N) is 1. The van der Waals surface area contributed by atoms with Gasteiger partial charge in [-0.3, -0.25) is 4.98 Å². The molecule has 2 N–H and O–H groups in total. The fourth-order valence-electron chi connectivity index (χ4n) is 1.95. The van der Waals surface area contributed by atoms with Crippen LogP contribution in [-0.2, 0) is 0 Å². The lowest BCUT2D eigenvalue weighted by atomic mass is 9.87. The smallest absolute Gasteiger partial charge is 0.131 e. The van der Waals surface area contributed by atoms with Gasteiger partial charge < -0.3 is 15.2 Å². The monoisotopic (exact) mass is 208 g/mol. The highest BCUT2D eigenvalue weighted by molar-refractivity contribution is 5.37. The van der Waals surface area contributed by atoms with Gasteiger partial charge in [0.2, 0.25) is 0 Å². The molecule has 0 amide bonds. The Morgan fingerprint density at radius 2 is 2.27 bits per heavy atom. The maximum absolute atomic E-state index is 10.1. The van der Waals surface area contributed by atoms with E-state index in [2.05, 4.69) is 10.3 Å². The van der Waals surface area contributed by atoms with Crippen LogP contribution in [0, 0.1) is 0 Å². The summed E-state index contributed by atoms with van der Waals surface area (Å²) >= 11 is 0. The zero-order valence-electron chi connectivity index (χ0n) is 9.19. The lowest BCUT2D eigenvalue weighted by molar-refractivity contribution is -0.0633.